The Bertz CT molecular complexity index is 365. The highest BCUT2D eigenvalue weighted by Crippen LogP contribution is 2.26. The van der Waals surface area contributed by atoms with E-state index < -0.39 is 42.5 Å². The van der Waals surface area contributed by atoms with Crippen molar-refractivity contribution in [1.29, 1.82) is 0 Å². The molecule has 1 rings (SSSR count). The van der Waals surface area contributed by atoms with Crippen LogP contribution in [0.1, 0.15) is 36.8 Å². The summed E-state index contributed by atoms with van der Waals surface area (Å²) < 4.78 is 20.6. The topological polar surface area (TPSA) is 66.8 Å². The highest BCUT2D eigenvalue weighted by Gasteiger charge is 2.42. The second-order valence-corrected chi connectivity index (χ2v) is 4.76. The predicted molar refractivity (Wildman–Crippen MR) is 57.7 cm³/mol. The lowest BCUT2D eigenvalue weighted by Gasteiger charge is -2.26. The summed E-state index contributed by atoms with van der Waals surface area (Å²) in [5.74, 6) is -2.56. The van der Waals surface area contributed by atoms with E-state index in [1.54, 1.807) is 20.8 Å². The minimum Gasteiger partial charge on any atom is -0.443 e. The first-order valence-corrected chi connectivity index (χ1v) is 5.12. The second kappa shape index (κ2) is 4.41. The van der Waals surface area contributed by atoms with Gasteiger partial charge in [-0.15, -0.1) is 0 Å². The summed E-state index contributed by atoms with van der Waals surface area (Å²) in [5.41, 5.74) is -0.782. The number of ether oxygens (including phenoxy) is 1. The van der Waals surface area contributed by atoms with Gasteiger partial charge in [0.15, 0.2) is 0 Å². The van der Waals surface area contributed by atoms with Gasteiger partial charge in [0.05, 0.1) is 12.6 Å². The molecule has 16 heavy (non-hydrogen) atoms. The first kappa shape index (κ1) is 10.1. The summed E-state index contributed by atoms with van der Waals surface area (Å²) in [6.45, 7) is 5.67. The van der Waals surface area contributed by atoms with Gasteiger partial charge in [0, 0.05) is 8.64 Å². The highest BCUT2D eigenvalue weighted by molar-refractivity contribution is 5.95. The molecule has 1 aliphatic rings. The van der Waals surface area contributed by atoms with Crippen molar-refractivity contribution in [3.63, 3.8) is 0 Å². The van der Waals surface area contributed by atoms with E-state index in [4.69, 9.17) is 7.48 Å². The van der Waals surface area contributed by atoms with Gasteiger partial charge in [0.1, 0.15) is 5.60 Å². The number of hydrogen-bond donors (Lipinski definition) is 1. The quantitative estimate of drug-likeness (QED) is 0.689. The van der Waals surface area contributed by atoms with E-state index in [1.807, 2.05) is 0 Å². The summed E-state index contributed by atoms with van der Waals surface area (Å²) in [7, 11) is 0. The molecule has 2 amide bonds. The molecular weight excluding hydrogens is 211 g/mol. The molecule has 5 nitrogen and oxygen atoms in total. The van der Waals surface area contributed by atoms with Crippen LogP contribution >= 0.6 is 0 Å². The van der Waals surface area contributed by atoms with Crippen LogP contribution in [-0.2, 0) is 9.53 Å². The van der Waals surface area contributed by atoms with Crippen LogP contribution in [0.5, 0.6) is 0 Å². The van der Waals surface area contributed by atoms with E-state index in [-0.39, 0.29) is 0 Å². The van der Waals surface area contributed by atoms with Crippen molar-refractivity contribution >= 4 is 12.0 Å². The summed E-state index contributed by atoms with van der Waals surface area (Å²) in [5, 5.41) is 9.20. The number of imide groups is 1. The van der Waals surface area contributed by atoms with E-state index in [0.717, 1.165) is 0 Å². The monoisotopic (exact) mass is 232 g/mol. The van der Waals surface area contributed by atoms with Crippen molar-refractivity contribution in [2.75, 3.05) is 6.61 Å². The lowest BCUT2D eigenvalue weighted by molar-refractivity contribution is -0.131. The lowest BCUT2D eigenvalue weighted by atomic mass is 10.1. The molecule has 1 saturated heterocycles. The Balaban J connectivity index is 3.00. The Morgan fingerprint density at radius 3 is 2.75 bits per heavy atom. The Kier molecular flexibility index (Phi) is 2.78. The fourth-order valence-electron chi connectivity index (χ4n) is 1.44. The zero-order chi connectivity index (χ0) is 14.3. The third-order valence-electron chi connectivity index (χ3n) is 2.11. The molecule has 0 unspecified atom stereocenters. The van der Waals surface area contributed by atoms with Crippen LogP contribution in [0.3, 0.4) is 0 Å². The number of aliphatic hydroxyl groups is 1. The molecule has 1 aliphatic heterocycles. The van der Waals surface area contributed by atoms with Gasteiger partial charge in [-0.3, -0.25) is 4.79 Å². The first-order chi connectivity index (χ1) is 8.02. The van der Waals surface area contributed by atoms with Crippen molar-refractivity contribution in [3.05, 3.63) is 0 Å². The van der Waals surface area contributed by atoms with Gasteiger partial charge in [0.25, 0.3) is 0 Å². The number of aliphatic hydroxyl groups excluding tert-OH is 1. The molecule has 3 atom stereocenters. The molecule has 0 aliphatic carbocycles. The van der Waals surface area contributed by atoms with Crippen LogP contribution in [0.15, 0.2) is 0 Å². The summed E-state index contributed by atoms with van der Waals surface area (Å²) in [6, 6.07) is -1.03. The van der Waals surface area contributed by atoms with Gasteiger partial charge >= 0.3 is 6.09 Å². The van der Waals surface area contributed by atoms with E-state index in [9.17, 15) is 14.7 Å². The van der Waals surface area contributed by atoms with Crippen molar-refractivity contribution < 1.29 is 22.2 Å². The average molecular weight is 232 g/mol. The normalized spacial score (nSPS) is 37.1. The van der Waals surface area contributed by atoms with Gasteiger partial charge in [-0.2, -0.15) is 0 Å². The lowest BCUT2D eigenvalue weighted by Crippen LogP contribution is -2.44. The van der Waals surface area contributed by atoms with E-state index in [2.05, 4.69) is 0 Å². The molecule has 0 spiro atoms. The van der Waals surface area contributed by atoms with Gasteiger partial charge < -0.3 is 9.84 Å². The van der Waals surface area contributed by atoms with Crippen molar-refractivity contribution in [2.24, 2.45) is 5.89 Å². The zero-order valence-electron chi connectivity index (χ0n) is 12.0. The van der Waals surface area contributed by atoms with Crippen molar-refractivity contribution in [2.45, 2.75) is 45.7 Å². The molecule has 0 bridgehead atoms. The number of amides is 2. The minimum absolute atomic E-state index is 0.548. The van der Waals surface area contributed by atoms with Gasteiger partial charge in [-0.05, 0) is 27.2 Å². The van der Waals surface area contributed by atoms with Crippen LogP contribution in [-0.4, -0.2) is 40.3 Å². The van der Waals surface area contributed by atoms with Crippen LogP contribution in [0.2, 0.25) is 0 Å². The van der Waals surface area contributed by atoms with E-state index in [1.165, 1.54) is 6.92 Å². The summed E-state index contributed by atoms with van der Waals surface area (Å²) in [4.78, 5) is 24.5. The number of likely N-dealkylation sites (tertiary alicyclic amines) is 1. The standard InChI is InChI=1S/C11H19NO4/c1-7-5-8(6-13)12(9(7)14)10(15)16-11(2,3)4/h7-8,13H,5-6H2,1-4H3/t7-,8-/m1/s1/i1+1,5D,7D/t5-,7-,8-. The van der Waals surface area contributed by atoms with Crippen LogP contribution in [0.25, 0.3) is 0 Å². The smallest absolute Gasteiger partial charge is 0.417 e. The molecule has 0 radical (unpaired) electrons. The summed E-state index contributed by atoms with van der Waals surface area (Å²) in [6.07, 6.45) is -2.11. The predicted octanol–water partition coefficient (Wildman–Crippen LogP) is 1.15. The number of rotatable bonds is 1. The molecule has 0 aromatic heterocycles. The largest absolute Gasteiger partial charge is 0.443 e. The molecule has 0 saturated carbocycles. The Labute approximate surface area is 98.2 Å². The zero-order valence-corrected chi connectivity index (χ0v) is 9.98. The second-order valence-electron chi connectivity index (χ2n) is 4.76. The number of carbonyl (C=O) groups is 2. The fraction of sp³-hybridized carbons (Fsp3) is 0.818. The number of nitrogens with zero attached hydrogens (tertiary/aromatic N) is 1. The number of carbonyl (C=O) groups excluding carboxylic acids is 2. The average Bonchev–Trinajstić information content (AvgIpc) is 2.36. The van der Waals surface area contributed by atoms with Crippen LogP contribution in [0, 0.1) is 5.89 Å². The Morgan fingerprint density at radius 1 is 1.75 bits per heavy atom. The van der Waals surface area contributed by atoms with Crippen molar-refractivity contribution in [3.8, 4) is 0 Å². The molecular formula is C11H19NO4. The first-order valence-electron chi connectivity index (χ1n) is 6.20. The third kappa shape index (κ3) is 2.72. The van der Waals surface area contributed by atoms with Crippen LogP contribution < -0.4 is 0 Å². The number of hydrogen-bond acceptors (Lipinski definition) is 4. The molecule has 1 N–H and O–H groups in total. The highest BCUT2D eigenvalue weighted by atomic mass is 16.6. The van der Waals surface area contributed by atoms with E-state index >= 15 is 0 Å². The Morgan fingerprint density at radius 2 is 2.31 bits per heavy atom. The maximum absolute atomic E-state index is 11.9. The van der Waals surface area contributed by atoms with Gasteiger partial charge in [0.2, 0.25) is 5.91 Å². The maximum atomic E-state index is 11.9. The fourth-order valence-corrected chi connectivity index (χ4v) is 1.44. The SMILES string of the molecule is [2H][C@H]1[C@H](CO)N(C(=O)OC(C)(C)C)C(=O)[C@]1([2H])[13CH3]. The molecule has 1 fully saturated rings. The van der Waals surface area contributed by atoms with Gasteiger partial charge in [-0.1, -0.05) is 6.92 Å². The molecule has 5 heteroatoms. The molecule has 92 valence electrons. The summed E-state index contributed by atoms with van der Waals surface area (Å²) >= 11 is 0. The van der Waals surface area contributed by atoms with Crippen molar-refractivity contribution in [1.82, 2.24) is 4.90 Å². The van der Waals surface area contributed by atoms with Crippen LogP contribution in [0.4, 0.5) is 4.79 Å². The molecule has 0 aromatic rings. The maximum Gasteiger partial charge on any atom is 0.417 e. The van der Waals surface area contributed by atoms with Gasteiger partial charge in [-0.25, -0.2) is 9.69 Å². The molecule has 1 heterocycles. The minimum atomic E-state index is -1.75. The third-order valence-corrected chi connectivity index (χ3v) is 2.11. The van der Waals surface area contributed by atoms with E-state index in [0.29, 0.717) is 4.90 Å². The molecule has 0 aromatic carbocycles. The Hall–Kier alpha value is -1.10.